The quantitative estimate of drug-likeness (QED) is 0.428. The van der Waals surface area contributed by atoms with Crippen LogP contribution in [0, 0.1) is 0 Å². The Morgan fingerprint density at radius 1 is 1.31 bits per heavy atom. The highest BCUT2D eigenvalue weighted by molar-refractivity contribution is 5.81. The summed E-state index contributed by atoms with van der Waals surface area (Å²) >= 11 is 0. The lowest BCUT2D eigenvalue weighted by atomic mass is 10.1. The summed E-state index contributed by atoms with van der Waals surface area (Å²) in [6.45, 7) is 11.2. The summed E-state index contributed by atoms with van der Waals surface area (Å²) in [5, 5.41) is 6.92. The topological polar surface area (TPSA) is 72.4 Å². The zero-order valence-corrected chi connectivity index (χ0v) is 18.0. The van der Waals surface area contributed by atoms with Crippen LogP contribution >= 0.6 is 0 Å². The Bertz CT molecular complexity index is 641. The lowest BCUT2D eigenvalue weighted by molar-refractivity contribution is -0.133. The van der Waals surface area contributed by atoms with Crippen molar-refractivity contribution >= 4 is 11.6 Å². The smallest absolute Gasteiger partial charge is 0.264 e. The van der Waals surface area contributed by atoms with E-state index in [-0.39, 0.29) is 5.91 Å². The van der Waals surface area contributed by atoms with E-state index in [2.05, 4.69) is 22.3 Å². The predicted molar refractivity (Wildman–Crippen MR) is 114 cm³/mol. The van der Waals surface area contributed by atoms with Crippen molar-refractivity contribution in [2.45, 2.75) is 52.7 Å². The van der Waals surface area contributed by atoms with Crippen LogP contribution in [0.2, 0.25) is 0 Å². The Kier molecular flexibility index (Phi) is 10.5. The molecule has 0 bridgehead atoms. The molecule has 1 aliphatic rings. The number of morpholine rings is 1. The van der Waals surface area contributed by atoms with Gasteiger partial charge in [-0.15, -0.1) is 0 Å². The first-order chi connectivity index (χ1) is 14.1. The summed E-state index contributed by atoms with van der Waals surface area (Å²) < 4.78 is 11.2. The molecule has 1 atom stereocenters. The van der Waals surface area contributed by atoms with Crippen molar-refractivity contribution in [3.63, 3.8) is 0 Å². The highest BCUT2D eigenvalue weighted by atomic mass is 16.6. The van der Waals surface area contributed by atoms with Crippen molar-refractivity contribution in [3.05, 3.63) is 29.8 Å². The molecule has 162 valence electrons. The average molecular weight is 406 g/mol. The summed E-state index contributed by atoms with van der Waals surface area (Å²) in [5.41, 5.74) is 1.79. The lowest BCUT2D eigenvalue weighted by Gasteiger charge is -2.26. The van der Waals surface area contributed by atoms with E-state index in [4.69, 9.17) is 14.3 Å². The molecule has 2 rings (SSSR count). The van der Waals surface area contributed by atoms with Gasteiger partial charge in [-0.2, -0.15) is 0 Å². The van der Waals surface area contributed by atoms with Crippen LogP contribution in [0.1, 0.15) is 45.6 Å². The number of carbonyl (C=O) groups is 1. The Morgan fingerprint density at radius 2 is 2.10 bits per heavy atom. The normalized spacial score (nSPS) is 15.4. The number of unbranched alkanes of at least 4 members (excludes halogenated alkanes) is 1. The maximum Gasteiger partial charge on any atom is 0.264 e. The van der Waals surface area contributed by atoms with Crippen LogP contribution in [0.4, 0.5) is 0 Å². The molecule has 0 aliphatic carbocycles. The number of ether oxygens (including phenoxy) is 2. The standard InChI is InChI=1S/C22H35N3O4/c1-4-5-9-21(29-24-18(2)3)22(26)23-17-19-7-6-8-20(16-19)28-15-12-25-10-13-27-14-11-25/h6-8,16,21H,4-5,9-15,17H2,1-3H3,(H,23,26). The van der Waals surface area contributed by atoms with Gasteiger partial charge in [0.1, 0.15) is 12.4 Å². The van der Waals surface area contributed by atoms with Gasteiger partial charge in [0.15, 0.2) is 0 Å². The van der Waals surface area contributed by atoms with Gasteiger partial charge >= 0.3 is 0 Å². The van der Waals surface area contributed by atoms with E-state index >= 15 is 0 Å². The first kappa shape index (κ1) is 23.2. The first-order valence-corrected chi connectivity index (χ1v) is 10.5. The van der Waals surface area contributed by atoms with Crippen molar-refractivity contribution in [2.75, 3.05) is 39.5 Å². The van der Waals surface area contributed by atoms with Gasteiger partial charge < -0.3 is 19.6 Å². The number of carbonyl (C=O) groups excluding carboxylic acids is 1. The molecular weight excluding hydrogens is 370 g/mol. The molecule has 1 aromatic carbocycles. The van der Waals surface area contributed by atoms with E-state index in [0.717, 1.165) is 62.7 Å². The molecule has 1 amide bonds. The Hall–Kier alpha value is -2.12. The molecule has 1 unspecified atom stereocenters. The third-order valence-electron chi connectivity index (χ3n) is 4.62. The van der Waals surface area contributed by atoms with E-state index in [1.165, 1.54) is 0 Å². The van der Waals surface area contributed by atoms with E-state index < -0.39 is 6.10 Å². The third kappa shape index (κ3) is 9.28. The van der Waals surface area contributed by atoms with Crippen molar-refractivity contribution < 1.29 is 19.1 Å². The van der Waals surface area contributed by atoms with Crippen molar-refractivity contribution in [3.8, 4) is 5.75 Å². The predicted octanol–water partition coefficient (Wildman–Crippen LogP) is 2.99. The number of benzene rings is 1. The van der Waals surface area contributed by atoms with Gasteiger partial charge in [-0.1, -0.05) is 30.6 Å². The maximum absolute atomic E-state index is 12.5. The molecule has 1 heterocycles. The molecule has 0 radical (unpaired) electrons. The molecule has 7 nitrogen and oxygen atoms in total. The summed E-state index contributed by atoms with van der Waals surface area (Å²) in [5.74, 6) is 0.678. The fourth-order valence-corrected chi connectivity index (χ4v) is 2.96. The molecule has 0 saturated carbocycles. The Labute approximate surface area is 174 Å². The van der Waals surface area contributed by atoms with Crippen molar-refractivity contribution in [2.24, 2.45) is 5.16 Å². The van der Waals surface area contributed by atoms with E-state index in [0.29, 0.717) is 19.6 Å². The Morgan fingerprint density at radius 3 is 2.83 bits per heavy atom. The zero-order valence-electron chi connectivity index (χ0n) is 18.0. The molecule has 1 saturated heterocycles. The number of nitrogens with one attached hydrogen (secondary N) is 1. The van der Waals surface area contributed by atoms with Crippen LogP contribution in [0.5, 0.6) is 5.75 Å². The number of rotatable bonds is 12. The van der Waals surface area contributed by atoms with Gasteiger partial charge in [-0.05, 0) is 44.4 Å². The second kappa shape index (κ2) is 13.2. The molecule has 1 fully saturated rings. The van der Waals surface area contributed by atoms with Crippen LogP contribution in [-0.2, 0) is 20.9 Å². The number of amides is 1. The third-order valence-corrected chi connectivity index (χ3v) is 4.62. The zero-order chi connectivity index (χ0) is 20.9. The van der Waals surface area contributed by atoms with Gasteiger partial charge in [0, 0.05) is 26.2 Å². The minimum absolute atomic E-state index is 0.137. The van der Waals surface area contributed by atoms with Gasteiger partial charge in [0.05, 0.1) is 18.9 Å². The van der Waals surface area contributed by atoms with E-state index in [1.807, 2.05) is 38.1 Å². The van der Waals surface area contributed by atoms with E-state index in [1.54, 1.807) is 0 Å². The van der Waals surface area contributed by atoms with Crippen LogP contribution in [0.25, 0.3) is 0 Å². The number of hydrogen-bond acceptors (Lipinski definition) is 6. The van der Waals surface area contributed by atoms with Crippen LogP contribution in [-0.4, -0.2) is 62.1 Å². The number of hydrogen-bond donors (Lipinski definition) is 1. The fraction of sp³-hybridized carbons (Fsp3) is 0.636. The number of oxime groups is 1. The summed E-state index contributed by atoms with van der Waals surface area (Å²) in [6, 6.07) is 7.83. The minimum Gasteiger partial charge on any atom is -0.492 e. The summed E-state index contributed by atoms with van der Waals surface area (Å²) in [4.78, 5) is 20.3. The van der Waals surface area contributed by atoms with Gasteiger partial charge in [0.2, 0.25) is 6.10 Å². The monoisotopic (exact) mass is 405 g/mol. The van der Waals surface area contributed by atoms with Crippen molar-refractivity contribution in [1.82, 2.24) is 10.2 Å². The molecule has 29 heavy (non-hydrogen) atoms. The summed E-state index contributed by atoms with van der Waals surface area (Å²) in [6.07, 6.45) is 2.02. The lowest BCUT2D eigenvalue weighted by Crippen LogP contribution is -2.38. The molecule has 0 aromatic heterocycles. The van der Waals surface area contributed by atoms with Crippen LogP contribution < -0.4 is 10.1 Å². The molecular formula is C22H35N3O4. The first-order valence-electron chi connectivity index (χ1n) is 10.5. The molecule has 1 aromatic rings. The largest absolute Gasteiger partial charge is 0.492 e. The number of nitrogens with zero attached hydrogens (tertiary/aromatic N) is 2. The summed E-state index contributed by atoms with van der Waals surface area (Å²) in [7, 11) is 0. The SMILES string of the molecule is CCCCC(ON=C(C)C)C(=O)NCc1cccc(OCCN2CCOCC2)c1. The highest BCUT2D eigenvalue weighted by Gasteiger charge is 2.19. The second-order valence-electron chi connectivity index (χ2n) is 7.44. The second-order valence-corrected chi connectivity index (χ2v) is 7.44. The van der Waals surface area contributed by atoms with Crippen LogP contribution in [0.15, 0.2) is 29.4 Å². The van der Waals surface area contributed by atoms with Gasteiger partial charge in [0.25, 0.3) is 5.91 Å². The highest BCUT2D eigenvalue weighted by Crippen LogP contribution is 2.14. The molecule has 7 heteroatoms. The van der Waals surface area contributed by atoms with Gasteiger partial charge in [-0.3, -0.25) is 9.69 Å². The molecule has 1 N–H and O–H groups in total. The van der Waals surface area contributed by atoms with E-state index in [9.17, 15) is 4.79 Å². The fourth-order valence-electron chi connectivity index (χ4n) is 2.96. The minimum atomic E-state index is -0.558. The van der Waals surface area contributed by atoms with Gasteiger partial charge in [-0.25, -0.2) is 0 Å². The average Bonchev–Trinajstić information content (AvgIpc) is 2.73. The Balaban J connectivity index is 1.79. The molecule has 0 spiro atoms. The van der Waals surface area contributed by atoms with Crippen molar-refractivity contribution in [1.29, 1.82) is 0 Å². The van der Waals surface area contributed by atoms with Crippen LogP contribution in [0.3, 0.4) is 0 Å². The molecule has 1 aliphatic heterocycles. The maximum atomic E-state index is 12.5.